The van der Waals surface area contributed by atoms with E-state index in [2.05, 4.69) is 16.4 Å². The summed E-state index contributed by atoms with van der Waals surface area (Å²) in [6, 6.07) is 8.12. The minimum absolute atomic E-state index is 0.0187. The van der Waals surface area contributed by atoms with Gasteiger partial charge in [0.15, 0.2) is 0 Å². The van der Waals surface area contributed by atoms with Crippen molar-refractivity contribution >= 4 is 28.6 Å². The lowest BCUT2D eigenvalue weighted by Gasteiger charge is -2.12. The van der Waals surface area contributed by atoms with Crippen LogP contribution in [0.4, 0.5) is 5.69 Å². The fraction of sp³-hybridized carbons (Fsp3) is 0.250. The first-order valence-electron chi connectivity index (χ1n) is 5.11. The molecule has 2 aromatic rings. The SMILES string of the molecule is CC(Cl)c1ccccc1NCc1cncs1. The number of rotatable bonds is 4. The Balaban J connectivity index is 2.09. The van der Waals surface area contributed by atoms with Gasteiger partial charge >= 0.3 is 0 Å². The van der Waals surface area contributed by atoms with E-state index in [0.717, 1.165) is 17.8 Å². The first-order chi connectivity index (χ1) is 7.77. The fourth-order valence-electron chi connectivity index (χ4n) is 1.52. The molecule has 84 valence electrons. The number of benzene rings is 1. The van der Waals surface area contributed by atoms with Gasteiger partial charge in [-0.05, 0) is 18.6 Å². The summed E-state index contributed by atoms with van der Waals surface area (Å²) in [6.07, 6.45) is 1.88. The molecule has 1 aromatic carbocycles. The van der Waals surface area contributed by atoms with E-state index in [1.54, 1.807) is 11.3 Å². The van der Waals surface area contributed by atoms with Gasteiger partial charge in [0.25, 0.3) is 0 Å². The average Bonchev–Trinajstić information content (AvgIpc) is 2.79. The third kappa shape index (κ3) is 2.74. The van der Waals surface area contributed by atoms with Crippen molar-refractivity contribution in [1.29, 1.82) is 0 Å². The zero-order valence-electron chi connectivity index (χ0n) is 8.98. The van der Waals surface area contributed by atoms with Gasteiger partial charge in [-0.1, -0.05) is 18.2 Å². The molecule has 0 amide bonds. The molecule has 0 aliphatic carbocycles. The standard InChI is InChI=1S/C12H13ClN2S/c1-9(13)11-4-2-3-5-12(11)15-7-10-6-14-8-16-10/h2-6,8-9,15H,7H2,1H3. The van der Waals surface area contributed by atoms with Gasteiger partial charge < -0.3 is 5.32 Å². The van der Waals surface area contributed by atoms with Gasteiger partial charge in [-0.2, -0.15) is 0 Å². The highest BCUT2D eigenvalue weighted by Gasteiger charge is 2.06. The Morgan fingerprint density at radius 1 is 1.44 bits per heavy atom. The van der Waals surface area contributed by atoms with Crippen LogP contribution in [0.25, 0.3) is 0 Å². The Labute approximate surface area is 104 Å². The Morgan fingerprint density at radius 2 is 2.25 bits per heavy atom. The Hall–Kier alpha value is -1.06. The molecule has 0 aliphatic heterocycles. The van der Waals surface area contributed by atoms with Gasteiger partial charge in [0.1, 0.15) is 0 Å². The van der Waals surface area contributed by atoms with Crippen LogP contribution in [-0.4, -0.2) is 4.98 Å². The molecule has 1 aromatic heterocycles. The molecule has 0 bridgehead atoms. The van der Waals surface area contributed by atoms with Crippen LogP contribution in [0.15, 0.2) is 36.0 Å². The Morgan fingerprint density at radius 3 is 2.94 bits per heavy atom. The smallest absolute Gasteiger partial charge is 0.0794 e. The summed E-state index contributed by atoms with van der Waals surface area (Å²) in [7, 11) is 0. The molecule has 1 atom stereocenters. The highest BCUT2D eigenvalue weighted by atomic mass is 35.5. The first kappa shape index (κ1) is 11.4. The second kappa shape index (κ2) is 5.32. The molecule has 1 unspecified atom stereocenters. The largest absolute Gasteiger partial charge is 0.380 e. The maximum absolute atomic E-state index is 6.12. The number of hydrogen-bond donors (Lipinski definition) is 1. The molecule has 2 nitrogen and oxygen atoms in total. The van der Waals surface area contributed by atoms with Crippen molar-refractivity contribution in [3.05, 3.63) is 46.4 Å². The van der Waals surface area contributed by atoms with Crippen molar-refractivity contribution < 1.29 is 0 Å². The molecule has 1 N–H and O–H groups in total. The maximum atomic E-state index is 6.12. The molecular formula is C12H13ClN2S. The molecular weight excluding hydrogens is 240 g/mol. The van der Waals surface area contributed by atoms with Gasteiger partial charge in [-0.15, -0.1) is 22.9 Å². The van der Waals surface area contributed by atoms with Crippen molar-refractivity contribution in [2.45, 2.75) is 18.8 Å². The van der Waals surface area contributed by atoms with Crippen molar-refractivity contribution in [2.75, 3.05) is 5.32 Å². The second-order valence-electron chi connectivity index (χ2n) is 3.52. The number of thiazole rings is 1. The zero-order chi connectivity index (χ0) is 11.4. The number of anilines is 1. The summed E-state index contributed by atoms with van der Waals surface area (Å²) in [5.74, 6) is 0. The monoisotopic (exact) mass is 252 g/mol. The van der Waals surface area contributed by atoms with Crippen molar-refractivity contribution in [1.82, 2.24) is 4.98 Å². The summed E-state index contributed by atoms with van der Waals surface area (Å²) in [5.41, 5.74) is 4.07. The molecule has 0 radical (unpaired) electrons. The number of hydrogen-bond acceptors (Lipinski definition) is 3. The molecule has 0 saturated heterocycles. The molecule has 1 heterocycles. The van der Waals surface area contributed by atoms with E-state index in [-0.39, 0.29) is 5.38 Å². The number of nitrogens with one attached hydrogen (secondary N) is 1. The van der Waals surface area contributed by atoms with E-state index in [1.807, 2.05) is 36.8 Å². The van der Waals surface area contributed by atoms with E-state index in [0.29, 0.717) is 0 Å². The predicted molar refractivity (Wildman–Crippen MR) is 70.2 cm³/mol. The molecule has 16 heavy (non-hydrogen) atoms. The van der Waals surface area contributed by atoms with Gasteiger partial charge in [0.05, 0.1) is 17.4 Å². The minimum atomic E-state index is 0.0187. The molecule has 2 rings (SSSR count). The number of alkyl halides is 1. The summed E-state index contributed by atoms with van der Waals surface area (Å²) in [6.45, 7) is 2.78. The molecule has 0 spiro atoms. The topological polar surface area (TPSA) is 24.9 Å². The van der Waals surface area contributed by atoms with Crippen molar-refractivity contribution in [3.8, 4) is 0 Å². The lowest BCUT2D eigenvalue weighted by molar-refractivity contribution is 1.06. The minimum Gasteiger partial charge on any atom is -0.380 e. The summed E-state index contributed by atoms with van der Waals surface area (Å²) >= 11 is 7.77. The van der Waals surface area contributed by atoms with Gasteiger partial charge in [0, 0.05) is 16.8 Å². The molecule has 4 heteroatoms. The van der Waals surface area contributed by atoms with E-state index in [1.165, 1.54) is 4.88 Å². The number of halogens is 1. The quantitative estimate of drug-likeness (QED) is 0.831. The van der Waals surface area contributed by atoms with Crippen LogP contribution in [0.5, 0.6) is 0 Å². The number of para-hydroxylation sites is 1. The van der Waals surface area contributed by atoms with E-state index >= 15 is 0 Å². The van der Waals surface area contributed by atoms with E-state index < -0.39 is 0 Å². The lowest BCUT2D eigenvalue weighted by atomic mass is 10.1. The first-order valence-corrected chi connectivity index (χ1v) is 6.43. The highest BCUT2D eigenvalue weighted by Crippen LogP contribution is 2.27. The normalized spacial score (nSPS) is 12.4. The molecule has 0 aliphatic rings. The van der Waals surface area contributed by atoms with Crippen LogP contribution < -0.4 is 5.32 Å². The predicted octanol–water partition coefficient (Wildman–Crippen LogP) is 4.06. The van der Waals surface area contributed by atoms with Crippen molar-refractivity contribution in [3.63, 3.8) is 0 Å². The van der Waals surface area contributed by atoms with Gasteiger partial charge in [-0.25, -0.2) is 0 Å². The Bertz CT molecular complexity index is 440. The van der Waals surface area contributed by atoms with Crippen LogP contribution >= 0.6 is 22.9 Å². The summed E-state index contributed by atoms with van der Waals surface area (Å²) in [5, 5.41) is 3.40. The van der Waals surface area contributed by atoms with Crippen LogP contribution in [0.1, 0.15) is 22.7 Å². The third-order valence-electron chi connectivity index (χ3n) is 2.33. The van der Waals surface area contributed by atoms with Crippen LogP contribution in [0, 0.1) is 0 Å². The summed E-state index contributed by atoms with van der Waals surface area (Å²) < 4.78 is 0. The van der Waals surface area contributed by atoms with E-state index in [4.69, 9.17) is 11.6 Å². The third-order valence-corrected chi connectivity index (χ3v) is 3.34. The molecule has 0 fully saturated rings. The summed E-state index contributed by atoms with van der Waals surface area (Å²) in [4.78, 5) is 5.26. The number of aromatic nitrogens is 1. The van der Waals surface area contributed by atoms with Gasteiger partial charge in [0.2, 0.25) is 0 Å². The van der Waals surface area contributed by atoms with Crippen molar-refractivity contribution in [2.24, 2.45) is 0 Å². The Kier molecular flexibility index (Phi) is 3.80. The maximum Gasteiger partial charge on any atom is 0.0794 e. The van der Waals surface area contributed by atoms with Crippen LogP contribution in [-0.2, 0) is 6.54 Å². The molecule has 0 saturated carbocycles. The van der Waals surface area contributed by atoms with Crippen LogP contribution in [0.2, 0.25) is 0 Å². The van der Waals surface area contributed by atoms with E-state index in [9.17, 15) is 0 Å². The zero-order valence-corrected chi connectivity index (χ0v) is 10.6. The van der Waals surface area contributed by atoms with Crippen LogP contribution in [0.3, 0.4) is 0 Å². The highest BCUT2D eigenvalue weighted by molar-refractivity contribution is 7.09. The number of nitrogens with zero attached hydrogens (tertiary/aromatic N) is 1. The fourth-order valence-corrected chi connectivity index (χ4v) is 2.24. The lowest BCUT2D eigenvalue weighted by Crippen LogP contribution is -2.01. The second-order valence-corrected chi connectivity index (χ2v) is 5.15. The average molecular weight is 253 g/mol. The van der Waals surface area contributed by atoms with Gasteiger partial charge in [-0.3, -0.25) is 4.98 Å².